The van der Waals surface area contributed by atoms with E-state index in [1.807, 2.05) is 47.5 Å². The van der Waals surface area contributed by atoms with Gasteiger partial charge in [0.05, 0.1) is 17.6 Å². The molecule has 0 unspecified atom stereocenters. The molecule has 1 saturated heterocycles. The van der Waals surface area contributed by atoms with Gasteiger partial charge in [0.1, 0.15) is 6.07 Å². The predicted molar refractivity (Wildman–Crippen MR) is 124 cm³/mol. The quantitative estimate of drug-likeness (QED) is 0.407. The Bertz CT molecular complexity index is 1280. The van der Waals surface area contributed by atoms with Gasteiger partial charge in [-0.15, -0.1) is 11.3 Å². The van der Waals surface area contributed by atoms with Crippen LogP contribution in [0, 0.1) is 24.2 Å². The smallest absolute Gasteiger partial charge is 0.266 e. The summed E-state index contributed by atoms with van der Waals surface area (Å²) in [6, 6.07) is 15.2. The minimum atomic E-state index is -0.163. The Kier molecular flexibility index (Phi) is 5.67. The number of aryl methyl sites for hydroxylation is 1. The van der Waals surface area contributed by atoms with Crippen LogP contribution in [-0.2, 0) is 4.79 Å². The number of anilines is 3. The molecule has 0 aliphatic carbocycles. The Balaban J connectivity index is 1.34. The highest BCUT2D eigenvalue weighted by atomic mass is 32.1. The van der Waals surface area contributed by atoms with Crippen molar-refractivity contribution in [3.05, 3.63) is 65.5 Å². The Morgan fingerprint density at radius 2 is 1.97 bits per heavy atom. The van der Waals surface area contributed by atoms with E-state index in [0.29, 0.717) is 42.7 Å². The molecule has 5 rings (SSSR count). The van der Waals surface area contributed by atoms with Crippen LogP contribution in [0.2, 0.25) is 0 Å². The summed E-state index contributed by atoms with van der Waals surface area (Å²) >= 11 is 1.46. The molecule has 0 saturated carbocycles. The van der Waals surface area contributed by atoms with Gasteiger partial charge in [0, 0.05) is 24.4 Å². The van der Waals surface area contributed by atoms with E-state index in [4.69, 9.17) is 8.83 Å². The molecule has 0 spiro atoms. The molecular formula is C24H21N5O3S. The zero-order chi connectivity index (χ0) is 22.8. The van der Waals surface area contributed by atoms with Gasteiger partial charge >= 0.3 is 0 Å². The molecule has 1 fully saturated rings. The van der Waals surface area contributed by atoms with Crippen molar-refractivity contribution < 1.29 is 13.6 Å². The van der Waals surface area contributed by atoms with Gasteiger partial charge in [-0.3, -0.25) is 9.69 Å². The van der Waals surface area contributed by atoms with Crippen molar-refractivity contribution in [3.8, 4) is 17.7 Å². The lowest BCUT2D eigenvalue weighted by molar-refractivity contribution is -0.122. The fraction of sp³-hybridized carbons (Fsp3) is 0.250. The van der Waals surface area contributed by atoms with E-state index >= 15 is 0 Å². The third-order valence-electron chi connectivity index (χ3n) is 5.61. The number of piperidine rings is 1. The summed E-state index contributed by atoms with van der Waals surface area (Å²) in [6.07, 6.45) is 2.80. The second-order valence-corrected chi connectivity index (χ2v) is 8.64. The van der Waals surface area contributed by atoms with Crippen molar-refractivity contribution in [1.29, 1.82) is 5.26 Å². The van der Waals surface area contributed by atoms with Crippen LogP contribution >= 0.6 is 11.3 Å². The van der Waals surface area contributed by atoms with Crippen molar-refractivity contribution in [2.45, 2.75) is 19.8 Å². The number of rotatable bonds is 5. The summed E-state index contributed by atoms with van der Waals surface area (Å²) in [4.78, 5) is 26.1. The maximum Gasteiger partial charge on any atom is 0.266 e. The molecular weight excluding hydrogens is 438 g/mol. The van der Waals surface area contributed by atoms with E-state index in [1.165, 1.54) is 17.6 Å². The number of furan rings is 1. The maximum absolute atomic E-state index is 13.6. The first-order chi connectivity index (χ1) is 16.1. The number of hydrogen-bond acceptors (Lipinski definition) is 8. The highest BCUT2D eigenvalue weighted by Crippen LogP contribution is 2.35. The number of hydrogen-bond donors (Lipinski definition) is 0. The van der Waals surface area contributed by atoms with Crippen LogP contribution in [-0.4, -0.2) is 29.0 Å². The number of amides is 1. The average Bonchev–Trinajstić information content (AvgIpc) is 3.61. The molecule has 0 radical (unpaired) electrons. The summed E-state index contributed by atoms with van der Waals surface area (Å²) in [6.45, 7) is 3.09. The first-order valence-corrected chi connectivity index (χ1v) is 11.5. The van der Waals surface area contributed by atoms with Crippen molar-refractivity contribution in [2.75, 3.05) is 22.9 Å². The molecule has 0 N–H and O–H groups in total. The van der Waals surface area contributed by atoms with E-state index in [-0.39, 0.29) is 23.4 Å². The van der Waals surface area contributed by atoms with Crippen molar-refractivity contribution in [2.24, 2.45) is 5.92 Å². The molecule has 1 aliphatic rings. The highest BCUT2D eigenvalue weighted by Gasteiger charge is 2.33. The Labute approximate surface area is 194 Å². The number of para-hydroxylation sites is 1. The normalized spacial score (nSPS) is 14.2. The summed E-state index contributed by atoms with van der Waals surface area (Å²) < 4.78 is 11.2. The van der Waals surface area contributed by atoms with Crippen LogP contribution < -0.4 is 9.80 Å². The lowest BCUT2D eigenvalue weighted by atomic mass is 9.95. The van der Waals surface area contributed by atoms with Crippen LogP contribution in [0.5, 0.6) is 0 Å². The van der Waals surface area contributed by atoms with E-state index < -0.39 is 0 Å². The molecule has 9 heteroatoms. The SMILES string of the molecule is Cc1csc(N(C(=O)C2CCN(c3oc(-c4ccco4)nc3C#N)CC2)c2ccccc2)n1. The molecule has 3 aromatic heterocycles. The molecule has 4 heterocycles. The third-order valence-corrected chi connectivity index (χ3v) is 6.56. The number of carbonyl (C=O) groups is 1. The largest absolute Gasteiger partial charge is 0.459 e. The lowest BCUT2D eigenvalue weighted by Gasteiger charge is -2.33. The van der Waals surface area contributed by atoms with Crippen LogP contribution in [0.25, 0.3) is 11.7 Å². The summed E-state index contributed by atoms with van der Waals surface area (Å²) in [5.74, 6) is 1.04. The first kappa shape index (κ1) is 21.0. The van der Waals surface area contributed by atoms with Gasteiger partial charge in [-0.05, 0) is 44.0 Å². The summed E-state index contributed by atoms with van der Waals surface area (Å²) in [5, 5.41) is 12.2. The number of thiazole rings is 1. The zero-order valence-electron chi connectivity index (χ0n) is 18.0. The van der Waals surface area contributed by atoms with Gasteiger partial charge in [0.25, 0.3) is 5.89 Å². The first-order valence-electron chi connectivity index (χ1n) is 10.6. The van der Waals surface area contributed by atoms with E-state index in [1.54, 1.807) is 17.0 Å². The predicted octanol–water partition coefficient (Wildman–Crippen LogP) is 5.15. The fourth-order valence-electron chi connectivity index (χ4n) is 3.97. The molecule has 1 aromatic carbocycles. The van der Waals surface area contributed by atoms with Gasteiger partial charge in [-0.25, -0.2) is 4.98 Å². The molecule has 4 aromatic rings. The second kappa shape index (κ2) is 8.92. The van der Waals surface area contributed by atoms with Gasteiger partial charge in [-0.1, -0.05) is 18.2 Å². The molecule has 166 valence electrons. The van der Waals surface area contributed by atoms with Gasteiger partial charge in [0.2, 0.25) is 17.5 Å². The van der Waals surface area contributed by atoms with E-state index in [9.17, 15) is 10.1 Å². The van der Waals surface area contributed by atoms with Crippen molar-refractivity contribution in [1.82, 2.24) is 9.97 Å². The van der Waals surface area contributed by atoms with E-state index in [0.717, 1.165) is 11.4 Å². The Morgan fingerprint density at radius 1 is 1.18 bits per heavy atom. The zero-order valence-corrected chi connectivity index (χ0v) is 18.8. The van der Waals surface area contributed by atoms with Gasteiger partial charge in [-0.2, -0.15) is 10.2 Å². The van der Waals surface area contributed by atoms with Crippen LogP contribution in [0.1, 0.15) is 24.2 Å². The summed E-state index contributed by atoms with van der Waals surface area (Å²) in [5.41, 5.74) is 1.92. The maximum atomic E-state index is 13.6. The van der Waals surface area contributed by atoms with Gasteiger partial charge in [0.15, 0.2) is 10.9 Å². The molecule has 8 nitrogen and oxygen atoms in total. The van der Waals surface area contributed by atoms with Crippen LogP contribution in [0.15, 0.2) is 62.9 Å². The lowest BCUT2D eigenvalue weighted by Crippen LogP contribution is -2.41. The molecule has 1 aliphatic heterocycles. The number of benzene rings is 1. The third kappa shape index (κ3) is 4.13. The van der Waals surface area contributed by atoms with Crippen molar-refractivity contribution >= 4 is 33.9 Å². The highest BCUT2D eigenvalue weighted by molar-refractivity contribution is 7.14. The number of nitriles is 1. The monoisotopic (exact) mass is 459 g/mol. The fourth-order valence-corrected chi connectivity index (χ4v) is 4.80. The van der Waals surface area contributed by atoms with Crippen LogP contribution in [0.3, 0.4) is 0 Å². The van der Waals surface area contributed by atoms with Crippen LogP contribution in [0.4, 0.5) is 16.7 Å². The molecule has 33 heavy (non-hydrogen) atoms. The topological polar surface area (TPSA) is 99.4 Å². The molecule has 0 atom stereocenters. The number of oxazole rings is 1. The number of nitrogens with zero attached hydrogens (tertiary/aromatic N) is 5. The minimum Gasteiger partial charge on any atom is -0.459 e. The summed E-state index contributed by atoms with van der Waals surface area (Å²) in [7, 11) is 0. The van der Waals surface area contributed by atoms with Crippen molar-refractivity contribution in [3.63, 3.8) is 0 Å². The Morgan fingerprint density at radius 3 is 2.61 bits per heavy atom. The standard InChI is InChI=1S/C24H21N5O3S/c1-16-15-33-24(26-16)29(18-6-3-2-4-7-18)22(30)17-9-11-28(12-10-17)23-19(14-25)27-21(32-23)20-8-5-13-31-20/h2-8,13,15,17H,9-12H2,1H3. The number of aromatic nitrogens is 2. The Hall–Kier alpha value is -3.90. The molecule has 0 bridgehead atoms. The average molecular weight is 460 g/mol. The number of carbonyl (C=O) groups excluding carboxylic acids is 1. The minimum absolute atomic E-state index is 0.0320. The molecule has 1 amide bonds. The van der Waals surface area contributed by atoms with E-state index in [2.05, 4.69) is 16.0 Å². The second-order valence-electron chi connectivity index (χ2n) is 7.80. The van der Waals surface area contributed by atoms with Gasteiger partial charge < -0.3 is 13.7 Å².